The molecule has 1 fully saturated rings. The molecule has 0 aromatic rings. The highest BCUT2D eigenvalue weighted by molar-refractivity contribution is 7.79. The van der Waals surface area contributed by atoms with Crippen LogP contribution in [0, 0.1) is 11.5 Å². The van der Waals surface area contributed by atoms with Gasteiger partial charge in [0.05, 0.1) is 18.6 Å². The molecule has 0 amide bonds. The van der Waals surface area contributed by atoms with Gasteiger partial charge in [-0.25, -0.2) is 0 Å². The van der Waals surface area contributed by atoms with E-state index in [1.54, 1.807) is 0 Å². The molecule has 0 radical (unpaired) electrons. The number of halogens is 2. The van der Waals surface area contributed by atoms with Gasteiger partial charge in [0, 0.05) is 26.2 Å². The molecule has 11 N–H and O–H groups in total. The van der Waals surface area contributed by atoms with Crippen LogP contribution in [0.15, 0.2) is 4.99 Å². The molecule has 0 aromatic heterocycles. The highest BCUT2D eigenvalue weighted by atomic mass is 35.5. The molecule has 12 nitrogen and oxygen atoms in total. The Morgan fingerprint density at radius 2 is 1.75 bits per heavy atom. The molecule has 1 rings (SSSR count). The van der Waals surface area contributed by atoms with Crippen molar-refractivity contribution in [1.29, 1.82) is 5.26 Å². The van der Waals surface area contributed by atoms with Crippen LogP contribution >= 0.6 is 11.6 Å². The zero-order chi connectivity index (χ0) is 18.7. The molecule has 1 aliphatic heterocycles. The van der Waals surface area contributed by atoms with Crippen molar-refractivity contribution in [1.82, 2.24) is 5.32 Å². The molecule has 1 aliphatic rings. The van der Waals surface area contributed by atoms with Crippen LogP contribution in [0.2, 0.25) is 0 Å². The maximum absolute atomic E-state index is 8.74. The van der Waals surface area contributed by atoms with Crippen molar-refractivity contribution in [2.24, 2.45) is 27.9 Å². The Labute approximate surface area is 154 Å². The highest BCUT2D eigenvalue weighted by Crippen LogP contribution is 2.08. The first-order chi connectivity index (χ1) is 10.6. The Kier molecular flexibility index (Phi) is 28.4. The van der Waals surface area contributed by atoms with Gasteiger partial charge in [-0.05, 0) is 0 Å². The summed E-state index contributed by atoms with van der Waals surface area (Å²) in [6.45, 7) is 4.01. The van der Waals surface area contributed by atoms with E-state index in [1.807, 2.05) is 0 Å². The van der Waals surface area contributed by atoms with Crippen LogP contribution in [0.3, 0.4) is 0 Å². The van der Waals surface area contributed by atoms with Crippen molar-refractivity contribution in [3.05, 3.63) is 0 Å². The molecule has 1 unspecified atom stereocenters. The lowest BCUT2D eigenvalue weighted by molar-refractivity contribution is -0.0000128. The van der Waals surface area contributed by atoms with Crippen molar-refractivity contribution in [3.63, 3.8) is 0 Å². The first-order valence-electron chi connectivity index (χ1n) is 6.08. The van der Waals surface area contributed by atoms with E-state index in [1.165, 1.54) is 6.19 Å². The lowest BCUT2D eigenvalue weighted by Crippen LogP contribution is -3.00. The van der Waals surface area contributed by atoms with Crippen LogP contribution in [0.1, 0.15) is 1.43 Å². The van der Waals surface area contributed by atoms with Crippen LogP contribution in [0.5, 0.6) is 0 Å². The molecule has 0 aromatic carbocycles. The summed E-state index contributed by atoms with van der Waals surface area (Å²) in [5, 5.41) is 10.7. The summed E-state index contributed by atoms with van der Waals surface area (Å²) in [6.07, 6.45) is 1.80. The van der Waals surface area contributed by atoms with Crippen LogP contribution in [0.25, 0.3) is 0 Å². The fourth-order valence-electron chi connectivity index (χ4n) is 0.544. The van der Waals surface area contributed by atoms with E-state index in [0.29, 0.717) is 25.1 Å². The summed E-state index contributed by atoms with van der Waals surface area (Å²) in [4.78, 5) is 2.90. The number of aliphatic imine (C=N–C) groups is 1. The monoisotopic (exact) mass is 413 g/mol. The number of nitrogens with zero attached hydrogens (tertiary/aromatic N) is 2. The second-order valence-electron chi connectivity index (χ2n) is 3.52. The van der Waals surface area contributed by atoms with Gasteiger partial charge in [-0.2, -0.15) is 13.7 Å². The Balaban J connectivity index is -0.0000000698. The number of guanidine groups is 1. The lowest BCUT2D eigenvalue weighted by Gasteiger charge is -1.95. The third kappa shape index (κ3) is 69.3. The number of nitrogens with two attached hydrogens (primary N) is 4. The molecule has 24 heavy (non-hydrogen) atoms. The van der Waals surface area contributed by atoms with Gasteiger partial charge in [0.1, 0.15) is 0 Å². The lowest BCUT2D eigenvalue weighted by atomic mass is 10.6. The van der Waals surface area contributed by atoms with Gasteiger partial charge in [-0.3, -0.25) is 9.11 Å². The van der Waals surface area contributed by atoms with Crippen LogP contribution in [-0.4, -0.2) is 68.3 Å². The maximum Gasteiger partial charge on any atom is 1.00 e. The van der Waals surface area contributed by atoms with Crippen LogP contribution in [0.4, 0.5) is 0 Å². The Hall–Kier alpha value is -0.950. The van der Waals surface area contributed by atoms with Gasteiger partial charge in [0.15, 0.2) is 0 Å². The smallest absolute Gasteiger partial charge is 1.00 e. The Bertz CT molecular complexity index is 419. The fraction of sp³-hybridized carbons (Fsp3) is 0.778. The van der Waals surface area contributed by atoms with Gasteiger partial charge in [-0.15, -0.1) is 16.6 Å². The minimum absolute atomic E-state index is 0. The average molecular weight is 414 g/mol. The standard InChI is InChI=1S/C4H13N3.C3H5ClO.C2H4N4.ClH.H2O4S/c5-1-3-7-4-2-6;4-1-3-2-5-3;3-1-6-2(4)5;;1-5(2,3)4/h7H,1-6H2;3H,1-2H2;(H4,4,5,6);1H;(H2,1,2,3,4). The molecule has 0 saturated carbocycles. The van der Waals surface area contributed by atoms with Crippen molar-refractivity contribution in [3.8, 4) is 6.19 Å². The van der Waals surface area contributed by atoms with Crippen molar-refractivity contribution in [2.45, 2.75) is 6.10 Å². The van der Waals surface area contributed by atoms with Crippen LogP contribution < -0.4 is 40.7 Å². The largest absolute Gasteiger partial charge is 1.00 e. The molecule has 1 saturated heterocycles. The topological polar surface area (TPSA) is 239 Å². The van der Waals surface area contributed by atoms with Gasteiger partial charge in [0.2, 0.25) is 12.2 Å². The van der Waals surface area contributed by atoms with Gasteiger partial charge < -0.3 is 45.4 Å². The van der Waals surface area contributed by atoms with E-state index in [0.717, 1.165) is 19.7 Å². The molecule has 1 atom stereocenters. The quantitative estimate of drug-likeness (QED) is 0.0425. The molecule has 0 aliphatic carbocycles. The maximum atomic E-state index is 8.74. The fourth-order valence-corrected chi connectivity index (χ4v) is 0.722. The average Bonchev–Trinajstić information content (AvgIpc) is 3.22. The molecule has 1 heterocycles. The molecule has 0 bridgehead atoms. The number of nitriles is 1. The third-order valence-corrected chi connectivity index (χ3v) is 1.74. The zero-order valence-corrected chi connectivity index (χ0v) is 15.1. The molecule has 0 spiro atoms. The molecule has 146 valence electrons. The number of ether oxygens (including phenoxy) is 1. The SMILES string of the molecule is ClCC1CO1.N#CN=C(N)N.NCCNCCN.O=S(=O)(O)O.[Cl-].[H+]. The molecule has 15 heteroatoms. The van der Waals surface area contributed by atoms with E-state index in [2.05, 4.69) is 10.3 Å². The Morgan fingerprint density at radius 1 is 1.38 bits per heavy atom. The number of hydrogen-bond acceptors (Lipinski definition) is 8. The number of rotatable bonds is 5. The third-order valence-electron chi connectivity index (χ3n) is 1.40. The predicted molar refractivity (Wildman–Crippen MR) is 88.2 cm³/mol. The summed E-state index contributed by atoms with van der Waals surface area (Å²) < 4.78 is 36.3. The van der Waals surface area contributed by atoms with Crippen molar-refractivity contribution < 1.29 is 36.1 Å². The first-order valence-corrected chi connectivity index (χ1v) is 8.01. The molecular formula is C9H25Cl2N7O5S. The second kappa shape index (κ2) is 22.1. The number of hydrogen-bond donors (Lipinski definition) is 7. The van der Waals surface area contributed by atoms with Crippen molar-refractivity contribution in [2.75, 3.05) is 38.7 Å². The minimum atomic E-state index is -4.67. The second-order valence-corrected chi connectivity index (χ2v) is 4.73. The predicted octanol–water partition coefficient (Wildman–Crippen LogP) is -5.68. The Morgan fingerprint density at radius 3 is 1.83 bits per heavy atom. The number of epoxide rings is 1. The normalized spacial score (nSPS) is 13.8. The van der Waals surface area contributed by atoms with Gasteiger partial charge in [0.25, 0.3) is 0 Å². The van der Waals surface area contributed by atoms with Gasteiger partial charge in [-0.1, -0.05) is 0 Å². The summed E-state index contributed by atoms with van der Waals surface area (Å²) in [6, 6.07) is 0. The summed E-state index contributed by atoms with van der Waals surface area (Å²) in [5.41, 5.74) is 19.7. The number of nitrogens with one attached hydrogen (secondary N) is 1. The first kappa shape index (κ1) is 30.9. The van der Waals surface area contributed by atoms with Crippen LogP contribution in [-0.2, 0) is 15.1 Å². The van der Waals surface area contributed by atoms with Gasteiger partial charge >= 0.3 is 11.8 Å². The van der Waals surface area contributed by atoms with E-state index in [9.17, 15) is 0 Å². The summed E-state index contributed by atoms with van der Waals surface area (Å²) >= 11 is 5.27. The van der Waals surface area contributed by atoms with E-state index < -0.39 is 10.4 Å². The minimum Gasteiger partial charge on any atom is -1.00 e. The summed E-state index contributed by atoms with van der Waals surface area (Å²) in [7, 11) is -4.67. The summed E-state index contributed by atoms with van der Waals surface area (Å²) in [5.74, 6) is 0.470. The van der Waals surface area contributed by atoms with E-state index in [4.69, 9.17) is 62.1 Å². The zero-order valence-electron chi connectivity index (χ0n) is 13.8. The van der Waals surface area contributed by atoms with E-state index >= 15 is 0 Å². The van der Waals surface area contributed by atoms with E-state index in [-0.39, 0.29) is 19.8 Å². The number of alkyl halides is 1. The highest BCUT2D eigenvalue weighted by Gasteiger charge is 2.19. The van der Waals surface area contributed by atoms with Crippen molar-refractivity contribution >= 4 is 28.0 Å². The molecular weight excluding hydrogens is 389 g/mol.